The van der Waals surface area contributed by atoms with Gasteiger partial charge in [0.2, 0.25) is 9.84 Å². The predicted octanol–water partition coefficient (Wildman–Crippen LogP) is 1.86. The van der Waals surface area contributed by atoms with Crippen LogP contribution < -0.4 is 0 Å². The Bertz CT molecular complexity index is 843. The summed E-state index contributed by atoms with van der Waals surface area (Å²) in [6, 6.07) is 1.51. The van der Waals surface area contributed by atoms with Crippen molar-refractivity contribution < 1.29 is 31.1 Å². The highest BCUT2D eigenvalue weighted by atomic mass is 32.2. The van der Waals surface area contributed by atoms with E-state index in [1.165, 1.54) is 6.92 Å². The molecule has 11 heteroatoms. The number of nitrogens with zero attached hydrogens (tertiary/aromatic N) is 3. The predicted molar refractivity (Wildman–Crippen MR) is 79.3 cm³/mol. The molecular weight excluding hydrogens is 366 g/mol. The molecule has 0 aliphatic carbocycles. The summed E-state index contributed by atoms with van der Waals surface area (Å²) < 4.78 is 81.7. The Balaban J connectivity index is 2.67. The molecule has 0 saturated carbocycles. The van der Waals surface area contributed by atoms with Crippen LogP contribution in [0.2, 0.25) is 0 Å². The van der Waals surface area contributed by atoms with Gasteiger partial charge in [0.25, 0.3) is 0 Å². The summed E-state index contributed by atoms with van der Waals surface area (Å²) in [5, 5.41) is 9.41. The molecule has 138 valence electrons. The number of hydrogen-bond acceptors (Lipinski definition) is 5. The molecule has 6 nitrogen and oxygen atoms in total. The minimum Gasteiger partial charge on any atom is -0.376 e. The van der Waals surface area contributed by atoms with Gasteiger partial charge in [-0.05, 0) is 18.6 Å². The number of sulfone groups is 1. The molecule has 0 radical (unpaired) electrons. The van der Waals surface area contributed by atoms with E-state index in [0.29, 0.717) is 12.1 Å². The van der Waals surface area contributed by atoms with Crippen molar-refractivity contribution in [3.05, 3.63) is 48.1 Å². The van der Waals surface area contributed by atoms with E-state index in [1.807, 2.05) is 0 Å². The Hall–Kier alpha value is -2.01. The summed E-state index contributed by atoms with van der Waals surface area (Å²) >= 11 is 0. The van der Waals surface area contributed by atoms with Gasteiger partial charge in [0.15, 0.2) is 5.60 Å². The van der Waals surface area contributed by atoms with Crippen LogP contribution in [0.15, 0.2) is 30.9 Å². The molecule has 1 unspecified atom stereocenters. The first-order valence-corrected chi connectivity index (χ1v) is 8.81. The van der Waals surface area contributed by atoms with Crippen molar-refractivity contribution in [3.8, 4) is 0 Å². The van der Waals surface area contributed by atoms with Gasteiger partial charge in [-0.15, -0.1) is 0 Å². The van der Waals surface area contributed by atoms with Gasteiger partial charge in [0.05, 0.1) is 12.3 Å². The van der Waals surface area contributed by atoms with Crippen LogP contribution in [0.3, 0.4) is 0 Å². The number of aliphatic hydroxyl groups is 1. The van der Waals surface area contributed by atoms with Crippen LogP contribution in [0.5, 0.6) is 0 Å². The summed E-state index contributed by atoms with van der Waals surface area (Å²) in [4.78, 5) is 3.51. The zero-order valence-electron chi connectivity index (χ0n) is 13.0. The van der Waals surface area contributed by atoms with Gasteiger partial charge in [-0.25, -0.2) is 26.9 Å². The van der Waals surface area contributed by atoms with Crippen molar-refractivity contribution in [1.82, 2.24) is 14.8 Å². The number of benzene rings is 1. The van der Waals surface area contributed by atoms with Crippen molar-refractivity contribution >= 4 is 9.84 Å². The molecule has 2 aromatic rings. The molecule has 0 saturated heterocycles. The fourth-order valence-corrected chi connectivity index (χ4v) is 3.84. The lowest BCUT2D eigenvalue weighted by Crippen LogP contribution is -2.54. The Kier molecular flexibility index (Phi) is 5.19. The van der Waals surface area contributed by atoms with Crippen molar-refractivity contribution in [2.75, 3.05) is 5.75 Å². The maximum Gasteiger partial charge on any atom is 0.379 e. The molecule has 1 aromatic heterocycles. The molecule has 2 rings (SSSR count). The molecule has 0 spiro atoms. The van der Waals surface area contributed by atoms with E-state index in [0.717, 1.165) is 17.3 Å². The van der Waals surface area contributed by atoms with Crippen LogP contribution in [0.1, 0.15) is 18.9 Å². The molecule has 0 aliphatic heterocycles. The van der Waals surface area contributed by atoms with Gasteiger partial charge in [-0.2, -0.15) is 13.9 Å². The maximum atomic E-state index is 14.8. The average Bonchev–Trinajstić information content (AvgIpc) is 2.99. The molecule has 0 bridgehead atoms. The van der Waals surface area contributed by atoms with E-state index >= 15 is 0 Å². The van der Waals surface area contributed by atoms with Gasteiger partial charge in [0.1, 0.15) is 24.3 Å². The summed E-state index contributed by atoms with van der Waals surface area (Å²) in [5.74, 6) is -3.50. The number of halogens is 4. The highest BCUT2D eigenvalue weighted by Gasteiger charge is 2.63. The third-order valence-corrected chi connectivity index (χ3v) is 5.64. The van der Waals surface area contributed by atoms with E-state index in [1.54, 1.807) is 0 Å². The Labute approximate surface area is 141 Å². The van der Waals surface area contributed by atoms with E-state index in [-0.39, 0.29) is 12.5 Å². The molecule has 0 amide bonds. The first-order valence-electron chi connectivity index (χ1n) is 7.15. The zero-order chi connectivity index (χ0) is 18.9. The molecule has 1 aromatic carbocycles. The highest BCUT2D eigenvalue weighted by Crippen LogP contribution is 2.44. The SMILES string of the molecule is CCCS(=O)(=O)C(F)(F)C(O)(Cn1cncn1)c1ccc(F)cc1F. The first kappa shape index (κ1) is 19.3. The van der Waals surface area contributed by atoms with Gasteiger partial charge in [0, 0.05) is 11.6 Å². The lowest BCUT2D eigenvalue weighted by atomic mass is 9.93. The minimum absolute atomic E-state index is 0.136. The van der Waals surface area contributed by atoms with Gasteiger partial charge >= 0.3 is 5.25 Å². The number of aromatic nitrogens is 3. The lowest BCUT2D eigenvalue weighted by molar-refractivity contribution is -0.145. The van der Waals surface area contributed by atoms with Crippen molar-refractivity contribution in [2.24, 2.45) is 0 Å². The summed E-state index contributed by atoms with van der Waals surface area (Å²) in [7, 11) is -5.15. The lowest BCUT2D eigenvalue weighted by Gasteiger charge is -2.35. The standard InChI is InChI=1S/C14H15F4N3O3S/c1-2-5-25(23,24)14(17,18)13(22,7-21-9-19-8-20-21)11-4-3-10(15)6-12(11)16/h3-4,6,8-9,22H,2,5,7H2,1H3. The Morgan fingerprint density at radius 2 is 1.96 bits per heavy atom. The molecule has 1 atom stereocenters. The maximum absolute atomic E-state index is 14.8. The normalized spacial score (nSPS) is 15.1. The van der Waals surface area contributed by atoms with Crippen LogP contribution in [-0.4, -0.2) is 39.3 Å². The second-order valence-electron chi connectivity index (χ2n) is 5.41. The zero-order valence-corrected chi connectivity index (χ0v) is 13.9. The average molecular weight is 381 g/mol. The van der Waals surface area contributed by atoms with Crippen LogP contribution in [0, 0.1) is 11.6 Å². The van der Waals surface area contributed by atoms with Crippen LogP contribution in [0.25, 0.3) is 0 Å². The monoisotopic (exact) mass is 381 g/mol. The van der Waals surface area contributed by atoms with E-state index in [9.17, 15) is 31.1 Å². The van der Waals surface area contributed by atoms with Crippen molar-refractivity contribution in [1.29, 1.82) is 0 Å². The quantitative estimate of drug-likeness (QED) is 0.740. The topological polar surface area (TPSA) is 85.1 Å². The van der Waals surface area contributed by atoms with Crippen molar-refractivity contribution in [3.63, 3.8) is 0 Å². The second-order valence-corrected chi connectivity index (χ2v) is 7.56. The van der Waals surface area contributed by atoms with Crippen LogP contribution in [-0.2, 0) is 22.0 Å². The Morgan fingerprint density at radius 3 is 2.48 bits per heavy atom. The number of hydrogen-bond donors (Lipinski definition) is 1. The fourth-order valence-electron chi connectivity index (χ4n) is 2.36. The van der Waals surface area contributed by atoms with Crippen molar-refractivity contribution in [2.45, 2.75) is 30.7 Å². The van der Waals surface area contributed by atoms with E-state index in [4.69, 9.17) is 0 Å². The smallest absolute Gasteiger partial charge is 0.376 e. The minimum atomic E-state index is -5.15. The largest absolute Gasteiger partial charge is 0.379 e. The highest BCUT2D eigenvalue weighted by molar-refractivity contribution is 7.92. The number of rotatable bonds is 7. The summed E-state index contributed by atoms with van der Waals surface area (Å²) in [6.45, 7) is 0.258. The summed E-state index contributed by atoms with van der Waals surface area (Å²) in [6.07, 6.45) is 1.79. The molecular formula is C14H15F4N3O3S. The molecule has 25 heavy (non-hydrogen) atoms. The van der Waals surface area contributed by atoms with Gasteiger partial charge in [-0.1, -0.05) is 6.92 Å². The van der Waals surface area contributed by atoms with Gasteiger partial charge < -0.3 is 5.11 Å². The van der Waals surface area contributed by atoms with Crippen LogP contribution >= 0.6 is 0 Å². The third-order valence-electron chi connectivity index (χ3n) is 3.58. The first-order chi connectivity index (χ1) is 11.5. The van der Waals surface area contributed by atoms with Gasteiger partial charge in [-0.3, -0.25) is 0 Å². The molecule has 1 heterocycles. The molecule has 1 N–H and O–H groups in total. The summed E-state index contributed by atoms with van der Waals surface area (Å²) in [5.41, 5.74) is -4.58. The Morgan fingerprint density at radius 1 is 1.28 bits per heavy atom. The van der Waals surface area contributed by atoms with E-state index < -0.39 is 50.2 Å². The number of alkyl halides is 2. The third kappa shape index (κ3) is 3.38. The molecule has 0 fully saturated rings. The van der Waals surface area contributed by atoms with Crippen LogP contribution in [0.4, 0.5) is 17.6 Å². The van der Waals surface area contributed by atoms with E-state index in [2.05, 4.69) is 10.1 Å². The fraction of sp³-hybridized carbons (Fsp3) is 0.429. The second kappa shape index (κ2) is 6.71. The molecule has 0 aliphatic rings.